The molecule has 182 valence electrons. The normalized spacial score (nSPS) is 13.7. The van der Waals surface area contributed by atoms with Gasteiger partial charge in [0.25, 0.3) is 0 Å². The number of fused-ring (bicyclic) bond motifs is 1. The van der Waals surface area contributed by atoms with Crippen LogP contribution in [-0.2, 0) is 10.2 Å². The van der Waals surface area contributed by atoms with Gasteiger partial charge in [-0.15, -0.1) is 0 Å². The molecule has 0 radical (unpaired) electrons. The highest BCUT2D eigenvalue weighted by molar-refractivity contribution is 6.01. The lowest BCUT2D eigenvalue weighted by Crippen LogP contribution is -2.25. The average molecular weight is 478 g/mol. The fourth-order valence-corrected chi connectivity index (χ4v) is 4.18. The Morgan fingerprint density at radius 1 is 1.11 bits per heavy atom. The van der Waals surface area contributed by atoms with Crippen LogP contribution in [-0.4, -0.2) is 42.5 Å². The quantitative estimate of drug-likeness (QED) is 0.285. The van der Waals surface area contributed by atoms with Crippen LogP contribution in [0.5, 0.6) is 5.75 Å². The van der Waals surface area contributed by atoms with Crippen LogP contribution in [0.3, 0.4) is 0 Å². The lowest BCUT2D eigenvalue weighted by molar-refractivity contribution is 0.411. The van der Waals surface area contributed by atoms with E-state index in [9.17, 15) is 4.39 Å². The average Bonchev–Trinajstić information content (AvgIpc) is 3.09. The van der Waals surface area contributed by atoms with Gasteiger partial charge in [0.2, 0.25) is 11.8 Å². The summed E-state index contributed by atoms with van der Waals surface area (Å²) in [5.74, 6) is 1.67. The second-order valence-electron chi connectivity index (χ2n) is 8.82. The molecule has 0 atom stereocenters. The van der Waals surface area contributed by atoms with Gasteiger partial charge in [0.05, 0.1) is 12.7 Å². The Hall–Kier alpha value is -4.21. The first-order valence-corrected chi connectivity index (χ1v) is 11.0. The van der Waals surface area contributed by atoms with Gasteiger partial charge in [0.15, 0.2) is 5.90 Å². The molecular weight excluding hydrogens is 449 g/mol. The van der Waals surface area contributed by atoms with Crippen molar-refractivity contribution in [3.63, 3.8) is 0 Å². The SMILES string of the molecule is CNc1nc(Nc2ccc(C(=N)OC(C)=N)c(OC)c2)nc2c1C(C)(C)CN2c1ccc(F)cc1. The van der Waals surface area contributed by atoms with Crippen molar-refractivity contribution in [3.8, 4) is 5.75 Å². The Kier molecular flexibility index (Phi) is 6.29. The van der Waals surface area contributed by atoms with E-state index >= 15 is 0 Å². The zero-order chi connectivity index (χ0) is 25.3. The molecule has 4 N–H and O–H groups in total. The minimum absolute atomic E-state index is 0.0842. The van der Waals surface area contributed by atoms with E-state index in [1.807, 2.05) is 7.05 Å². The Labute approximate surface area is 203 Å². The highest BCUT2D eigenvalue weighted by atomic mass is 19.1. The molecule has 0 saturated heterocycles. The van der Waals surface area contributed by atoms with E-state index in [4.69, 9.17) is 30.3 Å². The van der Waals surface area contributed by atoms with E-state index in [2.05, 4.69) is 29.4 Å². The maximum Gasteiger partial charge on any atom is 0.231 e. The molecule has 0 aliphatic carbocycles. The monoisotopic (exact) mass is 477 g/mol. The number of hydrogen-bond donors (Lipinski definition) is 4. The lowest BCUT2D eigenvalue weighted by Gasteiger charge is -2.21. The van der Waals surface area contributed by atoms with Crippen LogP contribution in [0.2, 0.25) is 0 Å². The van der Waals surface area contributed by atoms with Crippen LogP contribution >= 0.6 is 0 Å². The van der Waals surface area contributed by atoms with Gasteiger partial charge >= 0.3 is 0 Å². The number of anilines is 5. The highest BCUT2D eigenvalue weighted by Gasteiger charge is 2.40. The zero-order valence-electron chi connectivity index (χ0n) is 20.3. The second kappa shape index (κ2) is 9.21. The first-order chi connectivity index (χ1) is 16.6. The van der Waals surface area contributed by atoms with Crippen molar-refractivity contribution < 1.29 is 13.9 Å². The summed E-state index contributed by atoms with van der Waals surface area (Å²) in [5, 5.41) is 21.9. The molecule has 2 heterocycles. The highest BCUT2D eigenvalue weighted by Crippen LogP contribution is 2.46. The number of ether oxygens (including phenoxy) is 2. The number of aromatic nitrogens is 2. The summed E-state index contributed by atoms with van der Waals surface area (Å²) >= 11 is 0. The van der Waals surface area contributed by atoms with E-state index in [1.54, 1.807) is 30.3 Å². The van der Waals surface area contributed by atoms with E-state index in [0.29, 0.717) is 35.3 Å². The maximum atomic E-state index is 13.5. The van der Waals surface area contributed by atoms with Crippen LogP contribution in [0, 0.1) is 16.6 Å². The molecule has 9 nitrogen and oxygen atoms in total. The van der Waals surface area contributed by atoms with Gasteiger partial charge in [-0.05, 0) is 36.4 Å². The molecule has 1 aliphatic heterocycles. The fourth-order valence-electron chi connectivity index (χ4n) is 4.18. The predicted molar refractivity (Wildman–Crippen MR) is 136 cm³/mol. The zero-order valence-corrected chi connectivity index (χ0v) is 20.3. The van der Waals surface area contributed by atoms with Crippen LogP contribution in [0.25, 0.3) is 0 Å². The van der Waals surface area contributed by atoms with Gasteiger partial charge in [-0.1, -0.05) is 13.8 Å². The van der Waals surface area contributed by atoms with E-state index < -0.39 is 0 Å². The molecule has 0 spiro atoms. The van der Waals surface area contributed by atoms with Crippen molar-refractivity contribution in [2.45, 2.75) is 26.2 Å². The molecule has 0 fully saturated rings. The summed E-state index contributed by atoms with van der Waals surface area (Å²) in [7, 11) is 3.32. The molecule has 0 saturated carbocycles. The van der Waals surface area contributed by atoms with E-state index in [1.165, 1.54) is 26.2 Å². The number of nitrogens with zero attached hydrogens (tertiary/aromatic N) is 3. The first-order valence-electron chi connectivity index (χ1n) is 11.0. The Bertz CT molecular complexity index is 1290. The molecule has 0 unspecified atom stereocenters. The van der Waals surface area contributed by atoms with Gasteiger partial charge in [0.1, 0.15) is 23.2 Å². The van der Waals surface area contributed by atoms with Crippen molar-refractivity contribution in [1.29, 1.82) is 10.8 Å². The van der Waals surface area contributed by atoms with Crippen LogP contribution in [0.4, 0.5) is 33.3 Å². The molecule has 1 aliphatic rings. The van der Waals surface area contributed by atoms with Gasteiger partial charge in [-0.25, -0.2) is 4.39 Å². The van der Waals surface area contributed by atoms with Crippen molar-refractivity contribution in [1.82, 2.24) is 9.97 Å². The second-order valence-corrected chi connectivity index (χ2v) is 8.82. The summed E-state index contributed by atoms with van der Waals surface area (Å²) in [5.41, 5.74) is 2.65. The molecule has 0 bridgehead atoms. The number of methoxy groups -OCH3 is 1. The number of hydrogen-bond acceptors (Lipinski definition) is 9. The predicted octanol–water partition coefficient (Wildman–Crippen LogP) is 5.18. The van der Waals surface area contributed by atoms with Crippen molar-refractivity contribution in [2.24, 2.45) is 0 Å². The summed E-state index contributed by atoms with van der Waals surface area (Å²) in [4.78, 5) is 11.6. The summed E-state index contributed by atoms with van der Waals surface area (Å²) in [6.07, 6.45) is 0. The molecule has 1 aromatic heterocycles. The van der Waals surface area contributed by atoms with Crippen molar-refractivity contribution in [2.75, 3.05) is 36.2 Å². The molecular formula is C25H28FN7O2. The topological polar surface area (TPSA) is 119 Å². The van der Waals surface area contributed by atoms with E-state index in [-0.39, 0.29) is 23.0 Å². The lowest BCUT2D eigenvalue weighted by atomic mass is 9.88. The van der Waals surface area contributed by atoms with Crippen LogP contribution < -0.4 is 20.3 Å². The van der Waals surface area contributed by atoms with E-state index in [0.717, 1.165) is 17.1 Å². The van der Waals surface area contributed by atoms with Crippen LogP contribution in [0.15, 0.2) is 42.5 Å². The molecule has 35 heavy (non-hydrogen) atoms. The number of nitrogens with one attached hydrogen (secondary N) is 4. The minimum atomic E-state index is -0.292. The Morgan fingerprint density at radius 2 is 1.83 bits per heavy atom. The Morgan fingerprint density at radius 3 is 2.46 bits per heavy atom. The molecule has 3 aromatic rings. The summed E-state index contributed by atoms with van der Waals surface area (Å²) in [6.45, 7) is 6.38. The van der Waals surface area contributed by atoms with Crippen LogP contribution in [0.1, 0.15) is 31.9 Å². The van der Waals surface area contributed by atoms with Crippen molar-refractivity contribution in [3.05, 3.63) is 59.4 Å². The summed E-state index contributed by atoms with van der Waals surface area (Å²) in [6, 6.07) is 11.5. The number of benzene rings is 2. The summed E-state index contributed by atoms with van der Waals surface area (Å²) < 4.78 is 24.1. The third kappa shape index (κ3) is 4.72. The van der Waals surface area contributed by atoms with Gasteiger partial charge in [-0.3, -0.25) is 10.8 Å². The van der Waals surface area contributed by atoms with Crippen molar-refractivity contribution >= 4 is 40.8 Å². The minimum Gasteiger partial charge on any atom is -0.496 e. The molecule has 0 amide bonds. The largest absolute Gasteiger partial charge is 0.496 e. The third-order valence-corrected chi connectivity index (χ3v) is 5.71. The standard InChI is InChI=1S/C25H28FN7O2/c1-14(27)35-21(28)18-11-8-16(12-19(18)34-5)30-24-31-22(29-4)20-23(32-24)33(13-25(20,2)3)17-9-6-15(26)7-10-17/h6-12,27-28H,13H2,1-5H3,(H2,29,30,31,32). The number of halogens is 1. The fraction of sp³-hybridized carbons (Fsp3) is 0.280. The third-order valence-electron chi connectivity index (χ3n) is 5.71. The van der Waals surface area contributed by atoms with Gasteiger partial charge in [0, 0.05) is 48.9 Å². The molecule has 2 aromatic carbocycles. The molecule has 4 rings (SSSR count). The molecule has 10 heteroatoms. The first kappa shape index (κ1) is 23.9. The van der Waals surface area contributed by atoms with Gasteiger partial charge in [-0.2, -0.15) is 9.97 Å². The van der Waals surface area contributed by atoms with Gasteiger partial charge < -0.3 is 25.0 Å². The Balaban J connectivity index is 1.72. The maximum absolute atomic E-state index is 13.5. The smallest absolute Gasteiger partial charge is 0.231 e. The number of rotatable bonds is 6.